The molecule has 0 N–H and O–H groups in total. The van der Waals surface area contributed by atoms with Crippen LogP contribution in [-0.2, 0) is 11.8 Å². The van der Waals surface area contributed by atoms with E-state index >= 15 is 0 Å². The molecule has 4 aromatic carbocycles. The first-order valence-electron chi connectivity index (χ1n) is 9.35. The van der Waals surface area contributed by atoms with E-state index in [0.29, 0.717) is 0 Å². The predicted octanol–water partition coefficient (Wildman–Crippen LogP) is 5.93. The molecule has 3 aliphatic carbocycles. The summed E-state index contributed by atoms with van der Waals surface area (Å²) >= 11 is 0. The van der Waals surface area contributed by atoms with Crippen molar-refractivity contribution in [3.05, 3.63) is 118 Å². The molecule has 26 heavy (non-hydrogen) atoms. The van der Waals surface area contributed by atoms with Crippen LogP contribution in [0, 0.1) is 0 Å². The van der Waals surface area contributed by atoms with Crippen molar-refractivity contribution in [3.8, 4) is 22.3 Å². The SMILES string of the molecule is c1ccc2c(c1)-c1cccc3c1C21c2ccccc2-c2cccc(c21)C3. The molecule has 0 amide bonds. The standard InChI is InChI=1S/C26H16/c1-3-13-22-18(9-1)20-11-5-7-16-15-17-8-6-12-21-19-10-2-4-14-23(19)26(22,24(16)20)25(17)21/h1-14H,15H2. The molecule has 0 saturated heterocycles. The summed E-state index contributed by atoms with van der Waals surface area (Å²) < 4.78 is 0. The van der Waals surface area contributed by atoms with E-state index in [9.17, 15) is 0 Å². The number of benzene rings is 4. The van der Waals surface area contributed by atoms with E-state index in [0.717, 1.165) is 6.42 Å². The molecule has 0 saturated carbocycles. The van der Waals surface area contributed by atoms with Crippen molar-refractivity contribution < 1.29 is 0 Å². The van der Waals surface area contributed by atoms with Gasteiger partial charge in [0.15, 0.2) is 0 Å². The molecule has 0 heterocycles. The summed E-state index contributed by atoms with van der Waals surface area (Å²) in [6.07, 6.45) is 1.04. The van der Waals surface area contributed by atoms with Crippen molar-refractivity contribution in [1.29, 1.82) is 0 Å². The lowest BCUT2D eigenvalue weighted by molar-refractivity contribution is 0.747. The van der Waals surface area contributed by atoms with Crippen LogP contribution in [0.5, 0.6) is 0 Å². The van der Waals surface area contributed by atoms with Gasteiger partial charge in [-0.1, -0.05) is 84.9 Å². The number of hydrogen-bond donors (Lipinski definition) is 0. The third-order valence-corrected chi connectivity index (χ3v) is 6.67. The molecule has 0 atom stereocenters. The van der Waals surface area contributed by atoms with E-state index in [4.69, 9.17) is 0 Å². The summed E-state index contributed by atoms with van der Waals surface area (Å²) in [5.41, 5.74) is 14.5. The van der Waals surface area contributed by atoms with Crippen molar-refractivity contribution >= 4 is 0 Å². The van der Waals surface area contributed by atoms with Gasteiger partial charge < -0.3 is 0 Å². The average Bonchev–Trinajstić information content (AvgIpc) is 3.17. The minimum Gasteiger partial charge on any atom is -0.0619 e. The van der Waals surface area contributed by atoms with E-state index in [-0.39, 0.29) is 5.41 Å². The van der Waals surface area contributed by atoms with Crippen LogP contribution in [0.2, 0.25) is 0 Å². The van der Waals surface area contributed by atoms with Gasteiger partial charge in [0.05, 0.1) is 5.41 Å². The van der Waals surface area contributed by atoms with Crippen LogP contribution >= 0.6 is 0 Å². The lowest BCUT2D eigenvalue weighted by Crippen LogP contribution is -2.31. The fourth-order valence-electron chi connectivity index (χ4n) is 5.93. The number of rotatable bonds is 0. The van der Waals surface area contributed by atoms with E-state index in [2.05, 4.69) is 84.9 Å². The zero-order chi connectivity index (χ0) is 16.9. The van der Waals surface area contributed by atoms with Gasteiger partial charge in [-0.25, -0.2) is 0 Å². The van der Waals surface area contributed by atoms with Crippen LogP contribution in [-0.4, -0.2) is 0 Å². The fourth-order valence-corrected chi connectivity index (χ4v) is 5.93. The number of fused-ring (bicyclic) bond motifs is 4. The highest BCUT2D eigenvalue weighted by atomic mass is 14.6. The zero-order valence-corrected chi connectivity index (χ0v) is 14.3. The van der Waals surface area contributed by atoms with Gasteiger partial charge in [-0.3, -0.25) is 0 Å². The monoisotopic (exact) mass is 328 g/mol. The topological polar surface area (TPSA) is 0 Å². The lowest BCUT2D eigenvalue weighted by Gasteiger charge is -2.37. The van der Waals surface area contributed by atoms with Gasteiger partial charge in [0, 0.05) is 0 Å². The molecule has 4 aromatic rings. The Kier molecular flexibility index (Phi) is 2.10. The van der Waals surface area contributed by atoms with Crippen molar-refractivity contribution in [1.82, 2.24) is 0 Å². The average molecular weight is 328 g/mol. The molecule has 0 heteroatoms. The van der Waals surface area contributed by atoms with Gasteiger partial charge in [0.1, 0.15) is 0 Å². The van der Waals surface area contributed by atoms with Gasteiger partial charge in [-0.2, -0.15) is 0 Å². The largest absolute Gasteiger partial charge is 0.0731 e. The van der Waals surface area contributed by atoms with Crippen LogP contribution in [0.4, 0.5) is 0 Å². The van der Waals surface area contributed by atoms with Gasteiger partial charge in [0.2, 0.25) is 0 Å². The normalized spacial score (nSPS) is 15.8. The third-order valence-electron chi connectivity index (χ3n) is 6.67. The van der Waals surface area contributed by atoms with Crippen molar-refractivity contribution in [3.63, 3.8) is 0 Å². The maximum atomic E-state index is 2.35. The molecule has 0 aromatic heterocycles. The zero-order valence-electron chi connectivity index (χ0n) is 14.3. The molecular formula is C26H16. The number of hydrogen-bond acceptors (Lipinski definition) is 0. The molecule has 0 unspecified atom stereocenters. The van der Waals surface area contributed by atoms with Crippen LogP contribution in [0.15, 0.2) is 84.9 Å². The Morgan fingerprint density at radius 3 is 1.46 bits per heavy atom. The maximum absolute atomic E-state index is 2.35. The van der Waals surface area contributed by atoms with Crippen LogP contribution in [0.3, 0.4) is 0 Å². The molecule has 0 aliphatic heterocycles. The second kappa shape index (κ2) is 4.16. The smallest absolute Gasteiger partial charge is 0.0619 e. The molecule has 0 fully saturated rings. The van der Waals surface area contributed by atoms with E-state index in [1.165, 1.54) is 55.6 Å². The summed E-state index contributed by atoms with van der Waals surface area (Å²) in [5, 5.41) is 0. The molecule has 0 bridgehead atoms. The fraction of sp³-hybridized carbons (Fsp3) is 0.0769. The second-order valence-electron chi connectivity index (χ2n) is 7.70. The minimum absolute atomic E-state index is 0.122. The van der Waals surface area contributed by atoms with Crippen molar-refractivity contribution in [2.75, 3.05) is 0 Å². The first-order valence-corrected chi connectivity index (χ1v) is 9.35. The Bertz CT molecular complexity index is 1160. The Hall–Kier alpha value is -3.12. The van der Waals surface area contributed by atoms with Gasteiger partial charge in [-0.15, -0.1) is 0 Å². The van der Waals surface area contributed by atoms with Crippen molar-refractivity contribution in [2.24, 2.45) is 0 Å². The lowest BCUT2D eigenvalue weighted by atomic mass is 9.64. The first-order chi connectivity index (χ1) is 12.9. The van der Waals surface area contributed by atoms with Gasteiger partial charge >= 0.3 is 0 Å². The Labute approximate surface area is 152 Å². The predicted molar refractivity (Wildman–Crippen MR) is 106 cm³/mol. The van der Waals surface area contributed by atoms with Crippen LogP contribution in [0.1, 0.15) is 33.4 Å². The molecule has 1 spiro atoms. The molecule has 3 aliphatic rings. The highest BCUT2D eigenvalue weighted by Gasteiger charge is 2.54. The Balaban J connectivity index is 1.81. The summed E-state index contributed by atoms with van der Waals surface area (Å²) in [4.78, 5) is 0. The van der Waals surface area contributed by atoms with Crippen molar-refractivity contribution in [2.45, 2.75) is 11.8 Å². The Morgan fingerprint density at radius 1 is 0.462 bits per heavy atom. The third kappa shape index (κ3) is 1.20. The maximum Gasteiger partial charge on any atom is 0.0731 e. The van der Waals surface area contributed by atoms with Crippen LogP contribution in [0.25, 0.3) is 22.3 Å². The molecule has 0 radical (unpaired) electrons. The Morgan fingerprint density at radius 2 is 0.923 bits per heavy atom. The first kappa shape index (κ1) is 13.1. The molecular weight excluding hydrogens is 312 g/mol. The molecule has 120 valence electrons. The summed E-state index contributed by atoms with van der Waals surface area (Å²) in [6.45, 7) is 0. The second-order valence-corrected chi connectivity index (χ2v) is 7.70. The van der Waals surface area contributed by atoms with Gasteiger partial charge in [0.25, 0.3) is 0 Å². The molecule has 7 rings (SSSR count). The van der Waals surface area contributed by atoms with E-state index in [1.54, 1.807) is 0 Å². The summed E-state index contributed by atoms with van der Waals surface area (Å²) in [6, 6.07) is 31.9. The minimum atomic E-state index is -0.122. The quantitative estimate of drug-likeness (QED) is 0.323. The highest BCUT2D eigenvalue weighted by Crippen LogP contribution is 2.65. The highest BCUT2D eigenvalue weighted by molar-refractivity contribution is 5.97. The van der Waals surface area contributed by atoms with Gasteiger partial charge in [-0.05, 0) is 62.1 Å². The van der Waals surface area contributed by atoms with Crippen LogP contribution < -0.4 is 0 Å². The summed E-state index contributed by atoms with van der Waals surface area (Å²) in [5.74, 6) is 0. The van der Waals surface area contributed by atoms with E-state index < -0.39 is 0 Å². The molecule has 0 nitrogen and oxygen atoms in total. The summed E-state index contributed by atoms with van der Waals surface area (Å²) in [7, 11) is 0. The van der Waals surface area contributed by atoms with E-state index in [1.807, 2.05) is 0 Å².